The Morgan fingerprint density at radius 3 is 2.50 bits per heavy atom. The number of hydrogen-bond acceptors (Lipinski definition) is 2. The minimum atomic E-state index is -0.0142. The molecule has 0 spiro atoms. The average molecular weight is 295 g/mol. The topological polar surface area (TPSA) is 46.3 Å². The molecule has 1 aliphatic rings. The van der Waals surface area contributed by atoms with E-state index in [2.05, 4.69) is 13.8 Å². The Morgan fingerprint density at radius 2 is 1.95 bits per heavy atom. The average Bonchev–Trinajstić information content (AvgIpc) is 2.37. The zero-order valence-corrected chi connectivity index (χ0v) is 13.2. The van der Waals surface area contributed by atoms with E-state index in [1.54, 1.807) is 18.2 Å². The van der Waals surface area contributed by atoms with Gasteiger partial charge >= 0.3 is 0 Å². The van der Waals surface area contributed by atoms with Gasteiger partial charge < -0.3 is 10.6 Å². The number of nitrogen functional groups attached to an aromatic ring is 1. The lowest BCUT2D eigenvalue weighted by Crippen LogP contribution is -2.40. The van der Waals surface area contributed by atoms with Crippen molar-refractivity contribution in [1.82, 2.24) is 4.90 Å². The number of nitrogens with two attached hydrogens (primary N) is 1. The predicted octanol–water partition coefficient (Wildman–Crippen LogP) is 3.96. The molecule has 1 saturated carbocycles. The Labute approximate surface area is 126 Å². The standard InChI is InChI=1S/C16H23ClN2O/c1-16(2)8-6-12(7-9-16)19(3)15(20)13-5-4-11(18)10-14(13)17/h4-5,10,12H,6-9,18H2,1-3H3. The molecule has 0 radical (unpaired) electrons. The highest BCUT2D eigenvalue weighted by Crippen LogP contribution is 2.37. The summed E-state index contributed by atoms with van der Waals surface area (Å²) >= 11 is 6.13. The van der Waals surface area contributed by atoms with Crippen LogP contribution >= 0.6 is 11.6 Å². The number of nitrogens with zero attached hydrogens (tertiary/aromatic N) is 1. The number of hydrogen-bond donors (Lipinski definition) is 1. The van der Waals surface area contributed by atoms with Gasteiger partial charge in [-0.25, -0.2) is 0 Å². The Bertz CT molecular complexity index is 503. The SMILES string of the molecule is CN(C(=O)c1ccc(N)cc1Cl)C1CCC(C)(C)CC1. The van der Waals surface area contributed by atoms with E-state index in [-0.39, 0.29) is 5.91 Å². The van der Waals surface area contributed by atoms with Crippen LogP contribution in [0.1, 0.15) is 49.9 Å². The molecule has 1 aromatic rings. The quantitative estimate of drug-likeness (QED) is 0.839. The fourth-order valence-electron chi connectivity index (χ4n) is 2.83. The van der Waals surface area contributed by atoms with Crippen LogP contribution in [0.4, 0.5) is 5.69 Å². The smallest absolute Gasteiger partial charge is 0.255 e. The highest BCUT2D eigenvalue weighted by molar-refractivity contribution is 6.34. The molecule has 0 atom stereocenters. The maximum absolute atomic E-state index is 12.5. The zero-order chi connectivity index (χ0) is 14.9. The van der Waals surface area contributed by atoms with Gasteiger partial charge in [-0.1, -0.05) is 25.4 Å². The van der Waals surface area contributed by atoms with Gasteiger partial charge in [0.05, 0.1) is 10.6 Å². The van der Waals surface area contributed by atoms with Crippen LogP contribution in [0.25, 0.3) is 0 Å². The second-order valence-corrected chi connectivity index (χ2v) is 6.96. The summed E-state index contributed by atoms with van der Waals surface area (Å²) in [6.45, 7) is 4.59. The summed E-state index contributed by atoms with van der Waals surface area (Å²) in [4.78, 5) is 14.4. The van der Waals surface area contributed by atoms with Gasteiger partial charge in [-0.2, -0.15) is 0 Å². The molecule has 20 heavy (non-hydrogen) atoms. The van der Waals surface area contributed by atoms with Crippen LogP contribution < -0.4 is 5.73 Å². The lowest BCUT2D eigenvalue weighted by Gasteiger charge is -2.38. The highest BCUT2D eigenvalue weighted by Gasteiger charge is 2.31. The lowest BCUT2D eigenvalue weighted by molar-refractivity contribution is 0.0635. The van der Waals surface area contributed by atoms with E-state index >= 15 is 0 Å². The minimum absolute atomic E-state index is 0.0142. The molecule has 0 unspecified atom stereocenters. The van der Waals surface area contributed by atoms with Crippen LogP contribution in [-0.4, -0.2) is 23.9 Å². The molecule has 0 saturated heterocycles. The summed E-state index contributed by atoms with van der Waals surface area (Å²) in [6.07, 6.45) is 4.43. The molecule has 1 aliphatic carbocycles. The van der Waals surface area contributed by atoms with Crippen molar-refractivity contribution in [2.45, 2.75) is 45.6 Å². The molecule has 3 nitrogen and oxygen atoms in total. The van der Waals surface area contributed by atoms with E-state index < -0.39 is 0 Å². The molecule has 1 aromatic carbocycles. The van der Waals surface area contributed by atoms with E-state index in [1.165, 1.54) is 0 Å². The Morgan fingerprint density at radius 1 is 1.35 bits per heavy atom. The van der Waals surface area contributed by atoms with Crippen molar-refractivity contribution < 1.29 is 4.79 Å². The molecule has 1 fully saturated rings. The second-order valence-electron chi connectivity index (χ2n) is 6.55. The fraction of sp³-hybridized carbons (Fsp3) is 0.562. The molecule has 1 amide bonds. The summed E-state index contributed by atoms with van der Waals surface area (Å²) in [5.41, 5.74) is 7.18. The number of benzene rings is 1. The van der Waals surface area contributed by atoms with Crippen molar-refractivity contribution in [3.05, 3.63) is 28.8 Å². The first-order valence-electron chi connectivity index (χ1n) is 7.12. The highest BCUT2D eigenvalue weighted by atomic mass is 35.5. The molecule has 0 heterocycles. The Hall–Kier alpha value is -1.22. The second kappa shape index (κ2) is 5.65. The third-order valence-corrected chi connectivity index (χ3v) is 4.71. The van der Waals surface area contributed by atoms with Gasteiger partial charge in [0.25, 0.3) is 5.91 Å². The first-order valence-corrected chi connectivity index (χ1v) is 7.50. The number of carbonyl (C=O) groups excluding carboxylic acids is 1. The zero-order valence-electron chi connectivity index (χ0n) is 12.4. The normalized spacial score (nSPS) is 18.8. The largest absolute Gasteiger partial charge is 0.399 e. The van der Waals surface area contributed by atoms with E-state index in [9.17, 15) is 4.79 Å². The monoisotopic (exact) mass is 294 g/mol. The molecular formula is C16H23ClN2O. The first kappa shape index (κ1) is 15.2. The fourth-order valence-corrected chi connectivity index (χ4v) is 3.10. The molecule has 0 aliphatic heterocycles. The van der Waals surface area contributed by atoms with Gasteiger partial charge in [-0.15, -0.1) is 0 Å². The maximum atomic E-state index is 12.5. The molecule has 2 rings (SSSR count). The van der Waals surface area contributed by atoms with Crippen LogP contribution in [0.3, 0.4) is 0 Å². The number of carbonyl (C=O) groups is 1. The molecule has 4 heteroatoms. The summed E-state index contributed by atoms with van der Waals surface area (Å²) in [5.74, 6) is -0.0142. The van der Waals surface area contributed by atoms with Crippen molar-refractivity contribution in [2.75, 3.05) is 12.8 Å². The number of amides is 1. The van der Waals surface area contributed by atoms with Crippen LogP contribution in [-0.2, 0) is 0 Å². The Kier molecular flexibility index (Phi) is 4.28. The van der Waals surface area contributed by atoms with E-state index in [1.807, 2.05) is 11.9 Å². The first-order chi connectivity index (χ1) is 9.30. The van der Waals surface area contributed by atoms with Gasteiger partial charge in [-0.3, -0.25) is 4.79 Å². The summed E-state index contributed by atoms with van der Waals surface area (Å²) in [7, 11) is 1.87. The van der Waals surface area contributed by atoms with Crippen molar-refractivity contribution in [2.24, 2.45) is 5.41 Å². The summed E-state index contributed by atoms with van der Waals surface area (Å²) < 4.78 is 0. The lowest BCUT2D eigenvalue weighted by atomic mass is 9.75. The van der Waals surface area contributed by atoms with Gasteiger partial charge in [0.1, 0.15) is 0 Å². The third-order valence-electron chi connectivity index (χ3n) is 4.40. The van der Waals surface area contributed by atoms with Crippen molar-refractivity contribution in [1.29, 1.82) is 0 Å². The maximum Gasteiger partial charge on any atom is 0.255 e. The van der Waals surface area contributed by atoms with Crippen molar-refractivity contribution in [3.63, 3.8) is 0 Å². The molecule has 110 valence electrons. The number of anilines is 1. The summed E-state index contributed by atoms with van der Waals surface area (Å²) in [6, 6.07) is 5.37. The minimum Gasteiger partial charge on any atom is -0.399 e. The van der Waals surface area contributed by atoms with E-state index in [4.69, 9.17) is 17.3 Å². The Balaban J connectivity index is 2.09. The van der Waals surface area contributed by atoms with Crippen LogP contribution in [0.15, 0.2) is 18.2 Å². The van der Waals surface area contributed by atoms with Gasteiger partial charge in [0.15, 0.2) is 0 Å². The van der Waals surface area contributed by atoms with Gasteiger partial charge in [-0.05, 0) is 49.3 Å². The van der Waals surface area contributed by atoms with Crippen LogP contribution in [0.5, 0.6) is 0 Å². The predicted molar refractivity (Wildman–Crippen MR) is 84.0 cm³/mol. The van der Waals surface area contributed by atoms with Crippen molar-refractivity contribution in [3.8, 4) is 0 Å². The van der Waals surface area contributed by atoms with Gasteiger partial charge in [0, 0.05) is 18.8 Å². The summed E-state index contributed by atoms with van der Waals surface area (Å²) in [5, 5.41) is 0.429. The molecule has 0 aromatic heterocycles. The number of rotatable bonds is 2. The molecular weight excluding hydrogens is 272 g/mol. The third kappa shape index (κ3) is 3.26. The van der Waals surface area contributed by atoms with E-state index in [0.717, 1.165) is 25.7 Å². The van der Waals surface area contributed by atoms with E-state index in [0.29, 0.717) is 27.7 Å². The van der Waals surface area contributed by atoms with Crippen LogP contribution in [0, 0.1) is 5.41 Å². The van der Waals surface area contributed by atoms with Gasteiger partial charge in [0.2, 0.25) is 0 Å². The van der Waals surface area contributed by atoms with Crippen LogP contribution in [0.2, 0.25) is 5.02 Å². The number of halogens is 1. The molecule has 2 N–H and O–H groups in total. The van der Waals surface area contributed by atoms with Crippen molar-refractivity contribution >= 4 is 23.2 Å². The molecule has 0 bridgehead atoms.